The van der Waals surface area contributed by atoms with E-state index in [0.717, 1.165) is 60.9 Å². The molecular formula is C29H32ClN3O. The van der Waals surface area contributed by atoms with E-state index in [1.165, 1.54) is 22.4 Å². The Bertz CT molecular complexity index is 1220. The van der Waals surface area contributed by atoms with E-state index >= 15 is 0 Å². The van der Waals surface area contributed by atoms with Crippen LogP contribution in [0.15, 0.2) is 77.4 Å². The zero-order valence-corrected chi connectivity index (χ0v) is 20.9. The average Bonchev–Trinajstić information content (AvgIpc) is 2.84. The van der Waals surface area contributed by atoms with Gasteiger partial charge < -0.3 is 9.80 Å². The lowest BCUT2D eigenvalue weighted by atomic mass is 9.88. The highest BCUT2D eigenvalue weighted by atomic mass is 35.5. The zero-order chi connectivity index (χ0) is 24.1. The number of halogens is 1. The third-order valence-electron chi connectivity index (χ3n) is 6.80. The molecule has 1 aliphatic heterocycles. The summed E-state index contributed by atoms with van der Waals surface area (Å²) in [6.45, 7) is 5.76. The Kier molecular flexibility index (Phi) is 7.69. The summed E-state index contributed by atoms with van der Waals surface area (Å²) in [5.74, 6) is 1.49. The first-order valence-electron chi connectivity index (χ1n) is 11.9. The molecule has 5 heteroatoms. The van der Waals surface area contributed by atoms with Crippen molar-refractivity contribution in [3.05, 3.63) is 83.0 Å². The highest BCUT2D eigenvalue weighted by molar-refractivity contribution is 6.33. The van der Waals surface area contributed by atoms with Gasteiger partial charge in [-0.15, -0.1) is 0 Å². The molecular weight excluding hydrogens is 442 g/mol. The van der Waals surface area contributed by atoms with Gasteiger partial charge in [-0.2, -0.15) is 0 Å². The zero-order valence-electron chi connectivity index (χ0n) is 20.2. The van der Waals surface area contributed by atoms with Crippen LogP contribution in [0.4, 0.5) is 11.4 Å². The van der Waals surface area contributed by atoms with Crippen molar-refractivity contribution < 1.29 is 4.79 Å². The third kappa shape index (κ3) is 5.51. The first-order valence-corrected chi connectivity index (χ1v) is 12.3. The molecule has 176 valence electrons. The van der Waals surface area contributed by atoms with Crippen LogP contribution < -0.4 is 9.80 Å². The van der Waals surface area contributed by atoms with E-state index in [9.17, 15) is 4.79 Å². The fourth-order valence-corrected chi connectivity index (χ4v) is 5.07. The van der Waals surface area contributed by atoms with Crippen molar-refractivity contribution in [2.24, 2.45) is 10.9 Å². The van der Waals surface area contributed by atoms with Crippen LogP contribution in [-0.2, 0) is 11.2 Å². The van der Waals surface area contributed by atoms with Gasteiger partial charge in [0, 0.05) is 31.5 Å². The summed E-state index contributed by atoms with van der Waals surface area (Å²) in [6, 6.07) is 21.5. The van der Waals surface area contributed by atoms with E-state index in [2.05, 4.69) is 64.5 Å². The fraction of sp³-hybridized carbons (Fsp3) is 0.310. The smallest absolute Gasteiger partial charge is 0.144 e. The van der Waals surface area contributed by atoms with Crippen molar-refractivity contribution in [3.63, 3.8) is 0 Å². The fourth-order valence-electron chi connectivity index (χ4n) is 4.77. The van der Waals surface area contributed by atoms with E-state index < -0.39 is 0 Å². The molecule has 0 radical (unpaired) electrons. The number of aliphatic imine (C=N–C) groups is 1. The van der Waals surface area contributed by atoms with Gasteiger partial charge in [0.25, 0.3) is 0 Å². The minimum absolute atomic E-state index is 0.674. The highest BCUT2D eigenvalue weighted by Gasteiger charge is 2.22. The molecule has 1 heterocycles. The van der Waals surface area contributed by atoms with Crippen molar-refractivity contribution >= 4 is 45.9 Å². The molecule has 1 fully saturated rings. The lowest BCUT2D eigenvalue weighted by Gasteiger charge is -2.34. The lowest BCUT2D eigenvalue weighted by molar-refractivity contribution is -0.104. The van der Waals surface area contributed by atoms with Crippen LogP contribution in [0.25, 0.3) is 10.8 Å². The van der Waals surface area contributed by atoms with Crippen LogP contribution in [0.3, 0.4) is 0 Å². The maximum atomic E-state index is 10.7. The molecule has 34 heavy (non-hydrogen) atoms. The quantitative estimate of drug-likeness (QED) is 0.169. The lowest BCUT2D eigenvalue weighted by Crippen LogP contribution is -2.34. The molecule has 0 unspecified atom stereocenters. The van der Waals surface area contributed by atoms with Crippen molar-refractivity contribution in [1.82, 2.24) is 0 Å². The summed E-state index contributed by atoms with van der Waals surface area (Å²) in [5.41, 5.74) is 4.19. The van der Waals surface area contributed by atoms with Crippen LogP contribution in [0.2, 0.25) is 5.02 Å². The van der Waals surface area contributed by atoms with Gasteiger partial charge in [-0.3, -0.25) is 4.79 Å². The number of nitrogens with zero attached hydrogens (tertiary/aromatic N) is 3. The predicted molar refractivity (Wildman–Crippen MR) is 145 cm³/mol. The van der Waals surface area contributed by atoms with E-state index in [0.29, 0.717) is 11.6 Å². The Morgan fingerprint density at radius 1 is 1.09 bits per heavy atom. The molecule has 0 amide bonds. The number of carbonyl (C=O) groups is 1. The Balaban J connectivity index is 1.40. The predicted octanol–water partition coefficient (Wildman–Crippen LogP) is 6.91. The number of fused-ring (bicyclic) bond motifs is 1. The van der Waals surface area contributed by atoms with Gasteiger partial charge in [-0.05, 0) is 79.6 Å². The molecule has 3 aromatic carbocycles. The second-order valence-corrected chi connectivity index (χ2v) is 9.48. The summed E-state index contributed by atoms with van der Waals surface area (Å²) < 4.78 is 0. The number of allylic oxidation sites excluding steroid dienone is 2. The Labute approximate surface area is 207 Å². The molecule has 0 spiro atoms. The number of rotatable bonds is 6. The van der Waals surface area contributed by atoms with E-state index in [1.54, 1.807) is 0 Å². The Hall–Kier alpha value is -3.11. The second kappa shape index (κ2) is 10.9. The number of benzene rings is 3. The summed E-state index contributed by atoms with van der Waals surface area (Å²) in [7, 11) is 1.96. The molecule has 1 saturated heterocycles. The first-order chi connectivity index (χ1) is 16.5. The SMILES string of the molecule is CC(=C/C=O)/N=C(/C)N(C)c1ccc(N2CCC(Cc3cccc4ccccc34)CC2)c(Cl)c1. The van der Waals surface area contributed by atoms with Crippen LogP contribution in [0, 0.1) is 5.92 Å². The van der Waals surface area contributed by atoms with Crippen molar-refractivity contribution in [2.45, 2.75) is 33.1 Å². The summed E-state index contributed by atoms with van der Waals surface area (Å²) >= 11 is 6.73. The van der Waals surface area contributed by atoms with Gasteiger partial charge in [0.1, 0.15) is 12.1 Å². The van der Waals surface area contributed by atoms with Crippen molar-refractivity contribution in [1.29, 1.82) is 0 Å². The number of anilines is 2. The van der Waals surface area contributed by atoms with Gasteiger partial charge in [0.05, 0.1) is 10.7 Å². The van der Waals surface area contributed by atoms with Crippen LogP contribution in [0.1, 0.15) is 32.3 Å². The van der Waals surface area contributed by atoms with E-state index in [1.807, 2.05) is 31.9 Å². The van der Waals surface area contributed by atoms with Gasteiger partial charge in [0.2, 0.25) is 0 Å². The van der Waals surface area contributed by atoms with Crippen molar-refractivity contribution in [3.8, 4) is 0 Å². The highest BCUT2D eigenvalue weighted by Crippen LogP contribution is 2.34. The number of amidine groups is 1. The molecule has 4 nitrogen and oxygen atoms in total. The minimum atomic E-state index is 0.674. The molecule has 0 saturated carbocycles. The molecule has 0 bridgehead atoms. The number of carbonyl (C=O) groups excluding carboxylic acids is 1. The van der Waals surface area contributed by atoms with Gasteiger partial charge in [-0.1, -0.05) is 54.1 Å². The van der Waals surface area contributed by atoms with E-state index in [-0.39, 0.29) is 0 Å². The number of piperidine rings is 1. The number of hydrogen-bond donors (Lipinski definition) is 0. The van der Waals surface area contributed by atoms with Crippen molar-refractivity contribution in [2.75, 3.05) is 29.9 Å². The summed E-state index contributed by atoms with van der Waals surface area (Å²) in [5, 5.41) is 3.46. The molecule has 1 aliphatic rings. The topological polar surface area (TPSA) is 35.9 Å². The molecule has 4 rings (SSSR count). The average molecular weight is 474 g/mol. The van der Waals surface area contributed by atoms with Gasteiger partial charge in [-0.25, -0.2) is 4.99 Å². The first kappa shape index (κ1) is 24.0. The van der Waals surface area contributed by atoms with Gasteiger partial charge in [0.15, 0.2) is 0 Å². The van der Waals surface area contributed by atoms with E-state index in [4.69, 9.17) is 11.6 Å². The van der Waals surface area contributed by atoms with Crippen LogP contribution >= 0.6 is 11.6 Å². The normalized spacial score (nSPS) is 15.6. The summed E-state index contributed by atoms with van der Waals surface area (Å²) in [4.78, 5) is 19.5. The number of aldehydes is 1. The standard InChI is InChI=1S/C29H32ClN3O/c1-21(15-18-34)31-22(2)32(3)26-11-12-29(28(30)20-26)33-16-13-23(14-17-33)19-25-9-6-8-24-7-4-5-10-27(24)25/h4-12,15,18,20,23H,13-14,16-17,19H2,1-3H3/b21-15-,31-22-. The maximum Gasteiger partial charge on any atom is 0.144 e. The molecule has 0 atom stereocenters. The largest absolute Gasteiger partial charge is 0.370 e. The molecule has 0 aromatic heterocycles. The molecule has 3 aromatic rings. The second-order valence-electron chi connectivity index (χ2n) is 9.07. The molecule has 0 aliphatic carbocycles. The summed E-state index contributed by atoms with van der Waals surface area (Å²) in [6.07, 6.45) is 5.66. The Morgan fingerprint density at radius 2 is 1.82 bits per heavy atom. The van der Waals surface area contributed by atoms with Crippen LogP contribution in [0.5, 0.6) is 0 Å². The monoisotopic (exact) mass is 473 g/mol. The molecule has 0 N–H and O–H groups in total. The minimum Gasteiger partial charge on any atom is -0.370 e. The number of hydrogen-bond acceptors (Lipinski definition) is 3. The van der Waals surface area contributed by atoms with Gasteiger partial charge >= 0.3 is 0 Å². The third-order valence-corrected chi connectivity index (χ3v) is 7.10. The Morgan fingerprint density at radius 3 is 2.56 bits per heavy atom. The maximum absolute atomic E-state index is 10.7. The van der Waals surface area contributed by atoms with Crippen LogP contribution in [-0.4, -0.2) is 32.3 Å².